The number of hydrogen-bond acceptors (Lipinski definition) is 5. The molecule has 0 amide bonds. The van der Waals surface area contributed by atoms with E-state index in [0.717, 1.165) is 17.9 Å². The van der Waals surface area contributed by atoms with E-state index in [1.165, 1.54) is 0 Å². The molecule has 0 aromatic heterocycles. The van der Waals surface area contributed by atoms with Crippen molar-refractivity contribution in [2.75, 3.05) is 47.1 Å². The molecule has 0 spiro atoms. The van der Waals surface area contributed by atoms with E-state index >= 15 is 0 Å². The second-order valence-electron chi connectivity index (χ2n) is 4.80. The maximum Gasteiger partial charge on any atom is 0.161 e. The maximum atomic E-state index is 10.1. The molecule has 0 saturated heterocycles. The molecule has 1 heterocycles. The molecule has 1 aliphatic heterocycles. The third kappa shape index (κ3) is 4.83. The largest absolute Gasteiger partial charge is 0.486 e. The number of ether oxygens (including phenoxy) is 3. The lowest BCUT2D eigenvalue weighted by molar-refractivity contribution is 0.0304. The van der Waals surface area contributed by atoms with E-state index in [1.807, 2.05) is 37.2 Å². The first-order chi connectivity index (χ1) is 9.16. The van der Waals surface area contributed by atoms with Gasteiger partial charge < -0.3 is 24.2 Å². The Labute approximate surface area is 125 Å². The Morgan fingerprint density at radius 1 is 1.25 bits per heavy atom. The van der Waals surface area contributed by atoms with Gasteiger partial charge in [0, 0.05) is 6.54 Å². The van der Waals surface area contributed by atoms with E-state index in [0.29, 0.717) is 25.6 Å². The van der Waals surface area contributed by atoms with Crippen molar-refractivity contribution in [2.24, 2.45) is 0 Å². The molecule has 1 atom stereocenters. The second-order valence-corrected chi connectivity index (χ2v) is 4.80. The Morgan fingerprint density at radius 2 is 1.95 bits per heavy atom. The Bertz CT molecular complexity index is 414. The summed E-state index contributed by atoms with van der Waals surface area (Å²) < 4.78 is 16.4. The van der Waals surface area contributed by atoms with Crippen molar-refractivity contribution in [1.29, 1.82) is 0 Å². The molecular weight excluding hydrogens is 282 g/mol. The smallest absolute Gasteiger partial charge is 0.161 e. The number of benzene rings is 1. The summed E-state index contributed by atoms with van der Waals surface area (Å²) in [6.07, 6.45) is -0.641. The summed E-state index contributed by atoms with van der Waals surface area (Å²) in [5.41, 5.74) is 0.786. The van der Waals surface area contributed by atoms with Crippen LogP contribution in [0.3, 0.4) is 0 Å². The summed E-state index contributed by atoms with van der Waals surface area (Å²) in [4.78, 5) is 2.04. The lowest BCUT2D eigenvalue weighted by atomic mass is 10.1. The molecule has 0 fully saturated rings. The van der Waals surface area contributed by atoms with Crippen molar-refractivity contribution in [1.82, 2.24) is 4.90 Å². The standard InChI is InChI=1S/C14H21NO4.ClH/c1-15(2)5-6-17-10-12(16)11-3-4-13-14(9-11)19-8-7-18-13;/h3-4,9,12,16H,5-8,10H2,1-2H3;1H. The molecular formula is C14H22ClNO4. The third-order valence-corrected chi connectivity index (χ3v) is 2.91. The fourth-order valence-electron chi connectivity index (χ4n) is 1.81. The topological polar surface area (TPSA) is 51.2 Å². The normalized spacial score (nSPS) is 14.8. The average Bonchev–Trinajstić information content (AvgIpc) is 2.42. The number of rotatable bonds is 6. The molecule has 5 nitrogen and oxygen atoms in total. The van der Waals surface area contributed by atoms with Crippen molar-refractivity contribution >= 4 is 12.4 Å². The van der Waals surface area contributed by atoms with Gasteiger partial charge >= 0.3 is 0 Å². The van der Waals surface area contributed by atoms with Gasteiger partial charge in [-0.05, 0) is 31.8 Å². The van der Waals surface area contributed by atoms with Crippen LogP contribution >= 0.6 is 12.4 Å². The summed E-state index contributed by atoms with van der Waals surface area (Å²) in [6, 6.07) is 5.48. The number of likely N-dealkylation sites (N-methyl/N-ethyl adjacent to an activating group) is 1. The summed E-state index contributed by atoms with van der Waals surface area (Å²) in [5.74, 6) is 1.42. The fraction of sp³-hybridized carbons (Fsp3) is 0.571. The molecule has 0 bridgehead atoms. The Balaban J connectivity index is 0.00000200. The van der Waals surface area contributed by atoms with Crippen LogP contribution in [0.25, 0.3) is 0 Å². The van der Waals surface area contributed by atoms with Gasteiger partial charge in [0.1, 0.15) is 19.3 Å². The van der Waals surface area contributed by atoms with E-state index in [2.05, 4.69) is 0 Å². The van der Waals surface area contributed by atoms with Gasteiger partial charge in [-0.1, -0.05) is 6.07 Å². The van der Waals surface area contributed by atoms with Crippen LogP contribution in [0.4, 0.5) is 0 Å². The van der Waals surface area contributed by atoms with Crippen molar-refractivity contribution in [3.63, 3.8) is 0 Å². The number of nitrogens with zero attached hydrogens (tertiary/aromatic N) is 1. The molecule has 2 rings (SSSR count). The molecule has 1 aliphatic rings. The Kier molecular flexibility index (Phi) is 7.09. The van der Waals surface area contributed by atoms with Gasteiger partial charge in [0.25, 0.3) is 0 Å². The molecule has 1 unspecified atom stereocenters. The number of aliphatic hydroxyl groups is 1. The number of fused-ring (bicyclic) bond motifs is 1. The van der Waals surface area contributed by atoms with Gasteiger partial charge in [0.05, 0.1) is 13.2 Å². The maximum absolute atomic E-state index is 10.1. The molecule has 1 N–H and O–H groups in total. The lowest BCUT2D eigenvalue weighted by Crippen LogP contribution is -2.20. The van der Waals surface area contributed by atoms with E-state index in [-0.39, 0.29) is 19.0 Å². The van der Waals surface area contributed by atoms with Gasteiger partial charge in [-0.15, -0.1) is 12.4 Å². The van der Waals surface area contributed by atoms with Crippen LogP contribution in [0.5, 0.6) is 11.5 Å². The van der Waals surface area contributed by atoms with Crippen LogP contribution in [-0.4, -0.2) is 57.1 Å². The number of aliphatic hydroxyl groups excluding tert-OH is 1. The van der Waals surface area contributed by atoms with Crippen molar-refractivity contribution in [3.05, 3.63) is 23.8 Å². The number of halogens is 1. The molecule has 0 aliphatic carbocycles. The van der Waals surface area contributed by atoms with Crippen LogP contribution in [0.15, 0.2) is 18.2 Å². The zero-order valence-corrected chi connectivity index (χ0v) is 12.7. The Hall–Kier alpha value is -1.01. The zero-order valence-electron chi connectivity index (χ0n) is 11.9. The zero-order chi connectivity index (χ0) is 13.7. The molecule has 114 valence electrons. The highest BCUT2D eigenvalue weighted by Crippen LogP contribution is 2.32. The molecule has 1 aromatic carbocycles. The quantitative estimate of drug-likeness (QED) is 0.807. The second kappa shape index (κ2) is 8.32. The van der Waals surface area contributed by atoms with Gasteiger partial charge in [0.15, 0.2) is 11.5 Å². The van der Waals surface area contributed by atoms with Crippen LogP contribution < -0.4 is 9.47 Å². The SMILES string of the molecule is CN(C)CCOCC(O)c1ccc2c(c1)OCCO2.Cl. The predicted octanol–water partition coefficient (Wildman–Crippen LogP) is 1.49. The summed E-state index contributed by atoms with van der Waals surface area (Å²) in [6.45, 7) is 2.85. The van der Waals surface area contributed by atoms with E-state index < -0.39 is 6.10 Å². The molecule has 20 heavy (non-hydrogen) atoms. The first kappa shape index (κ1) is 17.0. The molecule has 1 aromatic rings. The summed E-state index contributed by atoms with van der Waals surface area (Å²) >= 11 is 0. The first-order valence-electron chi connectivity index (χ1n) is 6.47. The van der Waals surface area contributed by atoms with E-state index in [9.17, 15) is 5.11 Å². The van der Waals surface area contributed by atoms with Gasteiger partial charge in [-0.25, -0.2) is 0 Å². The minimum atomic E-state index is -0.641. The predicted molar refractivity (Wildman–Crippen MR) is 79.0 cm³/mol. The lowest BCUT2D eigenvalue weighted by Gasteiger charge is -2.20. The Morgan fingerprint density at radius 3 is 2.65 bits per heavy atom. The van der Waals surface area contributed by atoms with Gasteiger partial charge in [0.2, 0.25) is 0 Å². The summed E-state index contributed by atoms with van der Waals surface area (Å²) in [7, 11) is 3.97. The van der Waals surface area contributed by atoms with Crippen molar-refractivity contribution < 1.29 is 19.3 Å². The molecule has 0 radical (unpaired) electrons. The highest BCUT2D eigenvalue weighted by molar-refractivity contribution is 5.85. The minimum Gasteiger partial charge on any atom is -0.486 e. The highest BCUT2D eigenvalue weighted by Gasteiger charge is 2.15. The van der Waals surface area contributed by atoms with Crippen LogP contribution in [0.1, 0.15) is 11.7 Å². The monoisotopic (exact) mass is 303 g/mol. The number of hydrogen-bond donors (Lipinski definition) is 1. The van der Waals surface area contributed by atoms with Gasteiger partial charge in [-0.3, -0.25) is 0 Å². The highest BCUT2D eigenvalue weighted by atomic mass is 35.5. The van der Waals surface area contributed by atoms with Crippen LogP contribution in [-0.2, 0) is 4.74 Å². The van der Waals surface area contributed by atoms with Crippen LogP contribution in [0.2, 0.25) is 0 Å². The third-order valence-electron chi connectivity index (χ3n) is 2.91. The molecule has 0 saturated carbocycles. The summed E-state index contributed by atoms with van der Waals surface area (Å²) in [5, 5.41) is 10.1. The van der Waals surface area contributed by atoms with E-state index in [4.69, 9.17) is 14.2 Å². The van der Waals surface area contributed by atoms with Crippen molar-refractivity contribution in [2.45, 2.75) is 6.10 Å². The fourth-order valence-corrected chi connectivity index (χ4v) is 1.81. The molecule has 6 heteroatoms. The average molecular weight is 304 g/mol. The van der Waals surface area contributed by atoms with Gasteiger partial charge in [-0.2, -0.15) is 0 Å². The van der Waals surface area contributed by atoms with Crippen LogP contribution in [0, 0.1) is 0 Å². The minimum absolute atomic E-state index is 0. The first-order valence-corrected chi connectivity index (χ1v) is 6.47. The van der Waals surface area contributed by atoms with Crippen molar-refractivity contribution in [3.8, 4) is 11.5 Å². The van der Waals surface area contributed by atoms with E-state index in [1.54, 1.807) is 0 Å².